The van der Waals surface area contributed by atoms with Gasteiger partial charge in [0, 0.05) is 6.54 Å². The molecule has 2 rings (SSSR count). The van der Waals surface area contributed by atoms with Crippen LogP contribution in [0.25, 0.3) is 0 Å². The standard InChI is InChI=1S/C14H17Cl2NO2/c1-14(2)9-19-6-5-17(14)13(18)8-10-3-4-11(15)12(16)7-10/h3-4,7H,5-6,8-9H2,1-2H3. The van der Waals surface area contributed by atoms with E-state index in [4.69, 9.17) is 27.9 Å². The van der Waals surface area contributed by atoms with Crippen molar-refractivity contribution in [2.75, 3.05) is 19.8 Å². The molecule has 1 saturated heterocycles. The van der Waals surface area contributed by atoms with Crippen molar-refractivity contribution in [2.24, 2.45) is 0 Å². The van der Waals surface area contributed by atoms with E-state index in [-0.39, 0.29) is 11.4 Å². The lowest BCUT2D eigenvalue weighted by Gasteiger charge is -2.42. The highest BCUT2D eigenvalue weighted by Crippen LogP contribution is 2.24. The van der Waals surface area contributed by atoms with Gasteiger partial charge in [-0.2, -0.15) is 0 Å². The first kappa shape index (κ1) is 14.6. The monoisotopic (exact) mass is 301 g/mol. The van der Waals surface area contributed by atoms with Gasteiger partial charge in [0.1, 0.15) is 0 Å². The van der Waals surface area contributed by atoms with Crippen LogP contribution in [0.1, 0.15) is 19.4 Å². The summed E-state index contributed by atoms with van der Waals surface area (Å²) >= 11 is 11.8. The third kappa shape index (κ3) is 3.41. The van der Waals surface area contributed by atoms with Crippen molar-refractivity contribution in [3.8, 4) is 0 Å². The van der Waals surface area contributed by atoms with Crippen LogP contribution < -0.4 is 0 Å². The van der Waals surface area contributed by atoms with Gasteiger partial charge in [0.05, 0.1) is 35.2 Å². The highest BCUT2D eigenvalue weighted by atomic mass is 35.5. The average molecular weight is 302 g/mol. The van der Waals surface area contributed by atoms with Crippen molar-refractivity contribution in [1.82, 2.24) is 4.90 Å². The Morgan fingerprint density at radius 2 is 2.11 bits per heavy atom. The van der Waals surface area contributed by atoms with Gasteiger partial charge in [-0.15, -0.1) is 0 Å². The van der Waals surface area contributed by atoms with E-state index in [1.54, 1.807) is 12.1 Å². The first-order valence-corrected chi connectivity index (χ1v) is 6.98. The van der Waals surface area contributed by atoms with E-state index in [9.17, 15) is 4.79 Å². The molecule has 1 aromatic rings. The van der Waals surface area contributed by atoms with Crippen LogP contribution in [-0.4, -0.2) is 36.1 Å². The number of rotatable bonds is 2. The second-order valence-corrected chi connectivity index (χ2v) is 6.15. The molecule has 0 aliphatic carbocycles. The van der Waals surface area contributed by atoms with E-state index in [0.717, 1.165) is 5.56 Å². The minimum atomic E-state index is -0.258. The van der Waals surface area contributed by atoms with E-state index in [2.05, 4.69) is 0 Å². The van der Waals surface area contributed by atoms with E-state index >= 15 is 0 Å². The summed E-state index contributed by atoms with van der Waals surface area (Å²) in [7, 11) is 0. The van der Waals surface area contributed by atoms with Gasteiger partial charge in [-0.05, 0) is 31.5 Å². The average Bonchev–Trinajstić information content (AvgIpc) is 2.33. The SMILES string of the molecule is CC1(C)COCCN1C(=O)Cc1ccc(Cl)c(Cl)c1. The fourth-order valence-corrected chi connectivity index (χ4v) is 2.56. The number of halogens is 2. The van der Waals surface area contributed by atoms with Crippen LogP contribution >= 0.6 is 23.2 Å². The molecular formula is C14H17Cl2NO2. The molecule has 1 aromatic carbocycles. The number of nitrogens with zero attached hydrogens (tertiary/aromatic N) is 1. The minimum absolute atomic E-state index is 0.0895. The van der Waals surface area contributed by atoms with Crippen LogP contribution in [-0.2, 0) is 16.0 Å². The van der Waals surface area contributed by atoms with Crippen LogP contribution in [0.15, 0.2) is 18.2 Å². The number of hydrogen-bond acceptors (Lipinski definition) is 2. The zero-order valence-corrected chi connectivity index (χ0v) is 12.6. The quantitative estimate of drug-likeness (QED) is 0.840. The lowest BCUT2D eigenvalue weighted by atomic mass is 10.0. The number of carbonyl (C=O) groups is 1. The molecule has 0 unspecified atom stereocenters. The second kappa shape index (κ2) is 5.70. The van der Waals surface area contributed by atoms with Crippen molar-refractivity contribution in [3.63, 3.8) is 0 Å². The number of morpholine rings is 1. The van der Waals surface area contributed by atoms with E-state index in [1.165, 1.54) is 0 Å². The van der Waals surface area contributed by atoms with Gasteiger partial charge < -0.3 is 9.64 Å². The van der Waals surface area contributed by atoms with Gasteiger partial charge in [0.25, 0.3) is 0 Å². The van der Waals surface area contributed by atoms with Gasteiger partial charge in [-0.25, -0.2) is 0 Å². The van der Waals surface area contributed by atoms with Crippen LogP contribution in [0.5, 0.6) is 0 Å². The molecule has 3 nitrogen and oxygen atoms in total. The van der Waals surface area contributed by atoms with Crippen molar-refractivity contribution in [2.45, 2.75) is 25.8 Å². The summed E-state index contributed by atoms with van der Waals surface area (Å²) in [6, 6.07) is 5.30. The summed E-state index contributed by atoms with van der Waals surface area (Å²) in [5.41, 5.74) is 0.618. The summed E-state index contributed by atoms with van der Waals surface area (Å²) in [6.07, 6.45) is 0.334. The zero-order chi connectivity index (χ0) is 14.0. The summed E-state index contributed by atoms with van der Waals surface area (Å²) in [4.78, 5) is 14.2. The Morgan fingerprint density at radius 3 is 2.74 bits per heavy atom. The molecule has 0 aromatic heterocycles. The maximum absolute atomic E-state index is 12.4. The second-order valence-electron chi connectivity index (χ2n) is 5.34. The Labute approximate surface area is 123 Å². The summed E-state index contributed by atoms with van der Waals surface area (Å²) in [5.74, 6) is 0.0895. The number of benzene rings is 1. The molecule has 1 heterocycles. The molecular weight excluding hydrogens is 285 g/mol. The molecule has 1 aliphatic heterocycles. The summed E-state index contributed by atoms with van der Waals surface area (Å²) < 4.78 is 5.42. The number of amides is 1. The maximum atomic E-state index is 12.4. The molecule has 1 amide bonds. The molecule has 0 bridgehead atoms. The van der Waals surface area contributed by atoms with E-state index in [0.29, 0.717) is 36.2 Å². The molecule has 5 heteroatoms. The van der Waals surface area contributed by atoms with Crippen molar-refractivity contribution < 1.29 is 9.53 Å². The van der Waals surface area contributed by atoms with Crippen molar-refractivity contribution in [3.05, 3.63) is 33.8 Å². The molecule has 0 N–H and O–H groups in total. The Balaban J connectivity index is 2.09. The van der Waals surface area contributed by atoms with Crippen LogP contribution in [0.3, 0.4) is 0 Å². The largest absolute Gasteiger partial charge is 0.377 e. The van der Waals surface area contributed by atoms with Gasteiger partial charge in [0.2, 0.25) is 5.91 Å². The lowest BCUT2D eigenvalue weighted by molar-refractivity contribution is -0.145. The van der Waals surface area contributed by atoms with Gasteiger partial charge in [0.15, 0.2) is 0 Å². The fourth-order valence-electron chi connectivity index (χ4n) is 2.24. The normalized spacial score (nSPS) is 18.4. The van der Waals surface area contributed by atoms with Crippen LogP contribution in [0.2, 0.25) is 10.0 Å². The lowest BCUT2D eigenvalue weighted by Crippen LogP contribution is -2.55. The molecule has 0 saturated carbocycles. The molecule has 0 spiro atoms. The first-order valence-electron chi connectivity index (χ1n) is 6.22. The molecule has 1 aliphatic rings. The molecule has 0 atom stereocenters. The van der Waals surface area contributed by atoms with Crippen molar-refractivity contribution >= 4 is 29.1 Å². The summed E-state index contributed by atoms with van der Waals surface area (Å²) in [5, 5.41) is 0.984. The Hall–Kier alpha value is -0.770. The minimum Gasteiger partial charge on any atom is -0.377 e. The van der Waals surface area contributed by atoms with Crippen LogP contribution in [0.4, 0.5) is 0 Å². The Kier molecular flexibility index (Phi) is 4.39. The topological polar surface area (TPSA) is 29.5 Å². The van der Waals surface area contributed by atoms with Crippen LogP contribution in [0, 0.1) is 0 Å². The fraction of sp³-hybridized carbons (Fsp3) is 0.500. The smallest absolute Gasteiger partial charge is 0.227 e. The molecule has 0 radical (unpaired) electrons. The number of carbonyl (C=O) groups excluding carboxylic acids is 1. The highest BCUT2D eigenvalue weighted by Gasteiger charge is 2.33. The molecule has 104 valence electrons. The first-order chi connectivity index (χ1) is 8.90. The zero-order valence-electron chi connectivity index (χ0n) is 11.1. The number of ether oxygens (including phenoxy) is 1. The molecule has 19 heavy (non-hydrogen) atoms. The van der Waals surface area contributed by atoms with Gasteiger partial charge in [-0.3, -0.25) is 4.79 Å². The third-order valence-corrected chi connectivity index (χ3v) is 4.02. The number of hydrogen-bond donors (Lipinski definition) is 0. The Morgan fingerprint density at radius 1 is 1.37 bits per heavy atom. The van der Waals surface area contributed by atoms with E-state index < -0.39 is 0 Å². The van der Waals surface area contributed by atoms with Gasteiger partial charge >= 0.3 is 0 Å². The Bertz CT molecular complexity index is 488. The van der Waals surface area contributed by atoms with Crippen molar-refractivity contribution in [1.29, 1.82) is 0 Å². The van der Waals surface area contributed by atoms with E-state index in [1.807, 2.05) is 24.8 Å². The van der Waals surface area contributed by atoms with Gasteiger partial charge in [-0.1, -0.05) is 29.3 Å². The maximum Gasteiger partial charge on any atom is 0.227 e. The predicted molar refractivity (Wildman–Crippen MR) is 76.8 cm³/mol. The third-order valence-electron chi connectivity index (χ3n) is 3.29. The molecule has 1 fully saturated rings. The highest BCUT2D eigenvalue weighted by molar-refractivity contribution is 6.42. The predicted octanol–water partition coefficient (Wildman–Crippen LogP) is 3.17. The summed E-state index contributed by atoms with van der Waals surface area (Å²) in [6.45, 7) is 5.82.